The van der Waals surface area contributed by atoms with E-state index in [1.807, 2.05) is 13.8 Å². The minimum absolute atomic E-state index is 0.156. The first-order chi connectivity index (χ1) is 7.00. The smallest absolute Gasteiger partial charge is 0.263 e. The predicted molar refractivity (Wildman–Crippen MR) is 55.5 cm³/mol. The number of hydrogen-bond donors (Lipinski definition) is 1. The van der Waals surface area contributed by atoms with Gasteiger partial charge in [0, 0.05) is 6.20 Å². The van der Waals surface area contributed by atoms with Gasteiger partial charge in [-0.15, -0.1) is 5.10 Å². The standard InChI is InChI=1S/C9H11N3O2S/c1-6(2)8-5-9-7(11-12-8)3-4-10-15(9,13)14/h3-6,10H,1-2H3. The van der Waals surface area contributed by atoms with Crippen molar-refractivity contribution < 1.29 is 8.42 Å². The van der Waals surface area contributed by atoms with E-state index in [0.717, 1.165) is 0 Å². The minimum Gasteiger partial charge on any atom is -0.286 e. The highest BCUT2D eigenvalue weighted by molar-refractivity contribution is 7.89. The van der Waals surface area contributed by atoms with Crippen molar-refractivity contribution in [2.45, 2.75) is 24.7 Å². The molecule has 0 atom stereocenters. The molecule has 80 valence electrons. The Morgan fingerprint density at radius 1 is 1.33 bits per heavy atom. The summed E-state index contributed by atoms with van der Waals surface area (Å²) < 4.78 is 25.5. The molecule has 0 bridgehead atoms. The molecule has 0 fully saturated rings. The summed E-state index contributed by atoms with van der Waals surface area (Å²) in [5.41, 5.74) is 1.06. The number of hydrogen-bond acceptors (Lipinski definition) is 4. The van der Waals surface area contributed by atoms with Crippen LogP contribution in [-0.2, 0) is 10.0 Å². The largest absolute Gasteiger partial charge is 0.286 e. The van der Waals surface area contributed by atoms with E-state index in [9.17, 15) is 8.42 Å². The van der Waals surface area contributed by atoms with E-state index in [2.05, 4.69) is 14.9 Å². The molecule has 2 heterocycles. The molecule has 6 heteroatoms. The molecular formula is C9H11N3O2S. The summed E-state index contributed by atoms with van der Waals surface area (Å²) in [7, 11) is -3.44. The summed E-state index contributed by atoms with van der Waals surface area (Å²) in [5, 5.41) is 7.84. The zero-order valence-corrected chi connectivity index (χ0v) is 9.25. The first-order valence-electron chi connectivity index (χ1n) is 4.57. The van der Waals surface area contributed by atoms with Gasteiger partial charge in [0.15, 0.2) is 0 Å². The monoisotopic (exact) mass is 225 g/mol. The van der Waals surface area contributed by atoms with Gasteiger partial charge in [-0.1, -0.05) is 13.8 Å². The maximum absolute atomic E-state index is 11.6. The van der Waals surface area contributed by atoms with Crippen LogP contribution < -0.4 is 4.72 Å². The Hall–Kier alpha value is -1.43. The van der Waals surface area contributed by atoms with Crippen LogP contribution in [0.2, 0.25) is 0 Å². The highest BCUT2D eigenvalue weighted by atomic mass is 32.2. The molecule has 15 heavy (non-hydrogen) atoms. The lowest BCUT2D eigenvalue weighted by molar-refractivity contribution is 0.587. The number of sulfonamides is 1. The van der Waals surface area contributed by atoms with Crippen LogP contribution in [-0.4, -0.2) is 18.6 Å². The number of fused-ring (bicyclic) bond motifs is 1. The van der Waals surface area contributed by atoms with Crippen LogP contribution in [0.5, 0.6) is 0 Å². The first kappa shape index (κ1) is 10.1. The van der Waals surface area contributed by atoms with Gasteiger partial charge in [-0.25, -0.2) is 8.42 Å². The number of nitrogens with one attached hydrogen (secondary N) is 1. The summed E-state index contributed by atoms with van der Waals surface area (Å²) in [5.74, 6) is 0.156. The Balaban J connectivity index is 2.65. The van der Waals surface area contributed by atoms with Crippen LogP contribution in [0.25, 0.3) is 6.08 Å². The third-order valence-corrected chi connectivity index (χ3v) is 3.50. The zero-order chi connectivity index (χ0) is 11.1. The summed E-state index contributed by atoms with van der Waals surface area (Å²) in [6.45, 7) is 3.88. The summed E-state index contributed by atoms with van der Waals surface area (Å²) >= 11 is 0. The third kappa shape index (κ3) is 1.72. The zero-order valence-electron chi connectivity index (χ0n) is 8.43. The molecule has 5 nitrogen and oxygen atoms in total. The molecule has 1 aliphatic rings. The average molecular weight is 225 g/mol. The van der Waals surface area contributed by atoms with Crippen LogP contribution in [0.1, 0.15) is 31.2 Å². The lowest BCUT2D eigenvalue weighted by Crippen LogP contribution is -2.23. The molecule has 0 spiro atoms. The van der Waals surface area contributed by atoms with E-state index in [4.69, 9.17) is 0 Å². The van der Waals surface area contributed by atoms with Crippen LogP contribution in [0, 0.1) is 0 Å². The maximum atomic E-state index is 11.6. The Labute approximate surface area is 88.3 Å². The van der Waals surface area contributed by atoms with E-state index in [1.165, 1.54) is 6.20 Å². The number of aromatic nitrogens is 2. The summed E-state index contributed by atoms with van der Waals surface area (Å²) in [4.78, 5) is 0.198. The highest BCUT2D eigenvalue weighted by Crippen LogP contribution is 2.21. The third-order valence-electron chi connectivity index (χ3n) is 2.15. The van der Waals surface area contributed by atoms with Crippen molar-refractivity contribution in [2.24, 2.45) is 0 Å². The van der Waals surface area contributed by atoms with E-state index < -0.39 is 10.0 Å². The molecule has 0 radical (unpaired) electrons. The van der Waals surface area contributed by atoms with Crippen LogP contribution in [0.4, 0.5) is 0 Å². The van der Waals surface area contributed by atoms with Gasteiger partial charge in [0.05, 0.1) is 5.69 Å². The van der Waals surface area contributed by atoms with E-state index in [1.54, 1.807) is 12.1 Å². The average Bonchev–Trinajstić information content (AvgIpc) is 2.17. The Morgan fingerprint density at radius 3 is 2.73 bits per heavy atom. The molecule has 1 N–H and O–H groups in total. The molecule has 0 saturated carbocycles. The van der Waals surface area contributed by atoms with Gasteiger partial charge < -0.3 is 0 Å². The molecule has 0 amide bonds. The highest BCUT2D eigenvalue weighted by Gasteiger charge is 2.22. The summed E-state index contributed by atoms with van der Waals surface area (Å²) in [6.07, 6.45) is 2.94. The summed E-state index contributed by atoms with van der Waals surface area (Å²) in [6, 6.07) is 1.57. The molecule has 2 rings (SSSR count). The second-order valence-electron chi connectivity index (χ2n) is 3.63. The van der Waals surface area contributed by atoms with Gasteiger partial charge in [0.2, 0.25) is 0 Å². The topological polar surface area (TPSA) is 72.0 Å². The van der Waals surface area contributed by atoms with Gasteiger partial charge >= 0.3 is 0 Å². The van der Waals surface area contributed by atoms with Crippen molar-refractivity contribution in [1.82, 2.24) is 14.9 Å². The van der Waals surface area contributed by atoms with Gasteiger partial charge in [-0.3, -0.25) is 4.72 Å². The molecule has 0 unspecified atom stereocenters. The SMILES string of the molecule is CC(C)c1cc2c(nn1)C=CNS2(=O)=O. The number of rotatable bonds is 1. The first-order valence-corrected chi connectivity index (χ1v) is 6.05. The fourth-order valence-corrected chi connectivity index (χ4v) is 2.31. The van der Waals surface area contributed by atoms with E-state index in [0.29, 0.717) is 11.4 Å². The fraction of sp³-hybridized carbons (Fsp3) is 0.333. The van der Waals surface area contributed by atoms with Crippen molar-refractivity contribution in [3.05, 3.63) is 23.7 Å². The Morgan fingerprint density at radius 2 is 2.07 bits per heavy atom. The van der Waals surface area contributed by atoms with Gasteiger partial charge in [0.1, 0.15) is 10.6 Å². The van der Waals surface area contributed by atoms with Crippen molar-refractivity contribution in [3.63, 3.8) is 0 Å². The second-order valence-corrected chi connectivity index (χ2v) is 5.31. The van der Waals surface area contributed by atoms with Gasteiger partial charge in [-0.2, -0.15) is 5.10 Å². The molecule has 0 aliphatic carbocycles. The van der Waals surface area contributed by atoms with E-state index >= 15 is 0 Å². The molecular weight excluding hydrogens is 214 g/mol. The van der Waals surface area contributed by atoms with Crippen molar-refractivity contribution in [3.8, 4) is 0 Å². The molecule has 0 aromatic carbocycles. The van der Waals surface area contributed by atoms with Crippen molar-refractivity contribution >= 4 is 16.1 Å². The maximum Gasteiger partial charge on any atom is 0.263 e. The second kappa shape index (κ2) is 3.30. The molecule has 1 aromatic rings. The van der Waals surface area contributed by atoms with Crippen molar-refractivity contribution in [2.75, 3.05) is 0 Å². The van der Waals surface area contributed by atoms with Crippen LogP contribution in [0.3, 0.4) is 0 Å². The quantitative estimate of drug-likeness (QED) is 0.769. The Bertz CT molecular complexity index is 520. The van der Waals surface area contributed by atoms with Crippen molar-refractivity contribution in [1.29, 1.82) is 0 Å². The Kier molecular flexibility index (Phi) is 2.22. The van der Waals surface area contributed by atoms with Gasteiger partial charge in [0.25, 0.3) is 10.0 Å². The minimum atomic E-state index is -3.44. The van der Waals surface area contributed by atoms with Crippen LogP contribution >= 0.6 is 0 Å². The number of nitrogens with zero attached hydrogens (tertiary/aromatic N) is 2. The van der Waals surface area contributed by atoms with Gasteiger partial charge in [-0.05, 0) is 18.1 Å². The van der Waals surface area contributed by atoms with E-state index in [-0.39, 0.29) is 10.8 Å². The lowest BCUT2D eigenvalue weighted by atomic mass is 10.1. The predicted octanol–water partition coefficient (Wildman–Crippen LogP) is 0.863. The molecule has 1 aromatic heterocycles. The molecule has 1 aliphatic heterocycles. The van der Waals surface area contributed by atoms with Crippen LogP contribution in [0.15, 0.2) is 17.2 Å². The molecule has 0 saturated heterocycles. The lowest BCUT2D eigenvalue weighted by Gasteiger charge is -2.13. The normalized spacial score (nSPS) is 17.3. The fourth-order valence-electron chi connectivity index (χ4n) is 1.28.